The number of nitrogens with zero attached hydrogens (tertiary/aromatic N) is 1. The Balaban J connectivity index is 2.30. The minimum atomic E-state index is -0.0411. The smallest absolute Gasteiger partial charge is 0.226 e. The van der Waals surface area contributed by atoms with Gasteiger partial charge in [-0.15, -0.1) is 11.3 Å². The average molecular weight is 228 g/mol. The number of hydrogen-bond donors (Lipinski definition) is 2. The fourth-order valence-electron chi connectivity index (χ4n) is 1.07. The molecule has 4 nitrogen and oxygen atoms in total. The molecule has 0 bridgehead atoms. The van der Waals surface area contributed by atoms with Gasteiger partial charge in [0.15, 0.2) is 0 Å². The number of nitrogens with one attached hydrogen (secondary N) is 1. The molecule has 0 radical (unpaired) electrons. The molecule has 0 spiro atoms. The molecule has 0 aliphatic carbocycles. The van der Waals surface area contributed by atoms with Crippen molar-refractivity contribution in [3.05, 3.63) is 16.1 Å². The summed E-state index contributed by atoms with van der Waals surface area (Å²) in [5.74, 6) is 0.0618. The maximum absolute atomic E-state index is 11.4. The van der Waals surface area contributed by atoms with Crippen LogP contribution in [0.5, 0.6) is 0 Å². The summed E-state index contributed by atoms with van der Waals surface area (Å²) in [6, 6.07) is 0. The van der Waals surface area contributed by atoms with Crippen molar-refractivity contribution >= 4 is 17.2 Å². The summed E-state index contributed by atoms with van der Waals surface area (Å²) in [6.07, 6.45) is 0.322. The second-order valence-electron chi connectivity index (χ2n) is 3.63. The first-order chi connectivity index (χ1) is 7.11. The van der Waals surface area contributed by atoms with Crippen LogP contribution in [-0.2, 0) is 11.2 Å². The van der Waals surface area contributed by atoms with Crippen LogP contribution in [0.4, 0.5) is 0 Å². The van der Waals surface area contributed by atoms with Gasteiger partial charge in [-0.3, -0.25) is 4.79 Å². The van der Waals surface area contributed by atoms with E-state index in [4.69, 9.17) is 5.11 Å². The Morgan fingerprint density at radius 3 is 3.00 bits per heavy atom. The second-order valence-corrected chi connectivity index (χ2v) is 4.69. The van der Waals surface area contributed by atoms with Crippen LogP contribution in [0.2, 0.25) is 0 Å². The molecule has 0 aromatic carbocycles. The molecule has 0 saturated heterocycles. The Hall–Kier alpha value is -0.940. The first-order valence-electron chi connectivity index (χ1n) is 4.90. The van der Waals surface area contributed by atoms with Gasteiger partial charge in [0.05, 0.1) is 17.1 Å². The number of carbonyl (C=O) groups excluding carboxylic acids is 1. The van der Waals surface area contributed by atoms with Gasteiger partial charge in [0.1, 0.15) is 0 Å². The highest BCUT2D eigenvalue weighted by Gasteiger charge is 2.07. The summed E-state index contributed by atoms with van der Waals surface area (Å²) in [6.45, 7) is 4.40. The molecule has 2 N–H and O–H groups in total. The molecule has 1 atom stereocenters. The minimum absolute atomic E-state index is 0.0411. The summed E-state index contributed by atoms with van der Waals surface area (Å²) in [5.41, 5.74) is 0.812. The molecule has 0 fully saturated rings. The molecular weight excluding hydrogens is 212 g/mol. The number of aromatic nitrogens is 1. The molecule has 1 aromatic rings. The number of aliphatic hydroxyl groups excluding tert-OH is 1. The summed E-state index contributed by atoms with van der Waals surface area (Å²) in [7, 11) is 0. The van der Waals surface area contributed by atoms with E-state index >= 15 is 0 Å². The van der Waals surface area contributed by atoms with Crippen LogP contribution in [0.3, 0.4) is 0 Å². The number of rotatable bonds is 5. The van der Waals surface area contributed by atoms with Crippen LogP contribution in [0, 0.1) is 12.8 Å². The van der Waals surface area contributed by atoms with Gasteiger partial charge in [0.2, 0.25) is 5.91 Å². The summed E-state index contributed by atoms with van der Waals surface area (Å²) in [5, 5.41) is 14.4. The van der Waals surface area contributed by atoms with Gasteiger partial charge in [-0.05, 0) is 12.8 Å². The second kappa shape index (κ2) is 5.82. The molecule has 0 aliphatic rings. The number of thiazole rings is 1. The van der Waals surface area contributed by atoms with Crippen molar-refractivity contribution in [2.24, 2.45) is 5.92 Å². The van der Waals surface area contributed by atoms with Gasteiger partial charge in [0.25, 0.3) is 0 Å². The van der Waals surface area contributed by atoms with E-state index in [1.54, 1.807) is 11.3 Å². The highest BCUT2D eigenvalue weighted by atomic mass is 32.1. The molecular formula is C10H16N2O2S. The van der Waals surface area contributed by atoms with Crippen molar-refractivity contribution in [3.63, 3.8) is 0 Å². The van der Waals surface area contributed by atoms with E-state index in [2.05, 4.69) is 10.3 Å². The maximum atomic E-state index is 11.4. The molecule has 1 unspecified atom stereocenters. The molecule has 1 aromatic heterocycles. The van der Waals surface area contributed by atoms with E-state index in [-0.39, 0.29) is 18.4 Å². The van der Waals surface area contributed by atoms with Crippen LogP contribution < -0.4 is 5.32 Å². The fraction of sp³-hybridized carbons (Fsp3) is 0.600. The molecule has 1 heterocycles. The molecule has 15 heavy (non-hydrogen) atoms. The lowest BCUT2D eigenvalue weighted by molar-refractivity contribution is -0.120. The number of aliphatic hydroxyl groups is 1. The monoisotopic (exact) mass is 228 g/mol. The van der Waals surface area contributed by atoms with E-state index < -0.39 is 0 Å². The quantitative estimate of drug-likeness (QED) is 0.781. The van der Waals surface area contributed by atoms with Crippen LogP contribution in [0.15, 0.2) is 5.38 Å². The Bertz CT molecular complexity index is 325. The van der Waals surface area contributed by atoms with Gasteiger partial charge in [-0.2, -0.15) is 0 Å². The van der Waals surface area contributed by atoms with Crippen LogP contribution in [0.25, 0.3) is 0 Å². The standard InChI is InChI=1S/C10H16N2O2S/c1-7(5-13)4-11-10(14)3-9-6-15-8(2)12-9/h6-7,13H,3-5H2,1-2H3,(H,11,14). The van der Waals surface area contributed by atoms with E-state index in [9.17, 15) is 4.79 Å². The SMILES string of the molecule is Cc1nc(CC(=O)NCC(C)CO)cs1. The molecule has 0 saturated carbocycles. The van der Waals surface area contributed by atoms with Crippen LogP contribution >= 0.6 is 11.3 Å². The number of carbonyl (C=O) groups is 1. The lowest BCUT2D eigenvalue weighted by Crippen LogP contribution is -2.30. The zero-order valence-electron chi connectivity index (χ0n) is 8.99. The van der Waals surface area contributed by atoms with Gasteiger partial charge in [-0.1, -0.05) is 6.92 Å². The zero-order chi connectivity index (χ0) is 11.3. The van der Waals surface area contributed by atoms with Gasteiger partial charge in [0, 0.05) is 18.5 Å². The van der Waals surface area contributed by atoms with Crippen molar-refractivity contribution < 1.29 is 9.90 Å². The highest BCUT2D eigenvalue weighted by Crippen LogP contribution is 2.08. The molecule has 84 valence electrons. The Morgan fingerprint density at radius 1 is 1.73 bits per heavy atom. The van der Waals surface area contributed by atoms with Crippen molar-refractivity contribution in [1.29, 1.82) is 0 Å². The predicted molar refractivity (Wildman–Crippen MR) is 59.8 cm³/mol. The molecule has 0 aliphatic heterocycles. The molecule has 1 amide bonds. The van der Waals surface area contributed by atoms with E-state index in [0.29, 0.717) is 13.0 Å². The van der Waals surface area contributed by atoms with Gasteiger partial charge < -0.3 is 10.4 Å². The summed E-state index contributed by atoms with van der Waals surface area (Å²) >= 11 is 1.54. The van der Waals surface area contributed by atoms with Gasteiger partial charge in [-0.25, -0.2) is 4.98 Å². The normalized spacial score (nSPS) is 12.5. The Kier molecular flexibility index (Phi) is 4.71. The lowest BCUT2D eigenvalue weighted by Gasteiger charge is -2.08. The fourth-order valence-corrected chi connectivity index (χ4v) is 1.68. The van der Waals surface area contributed by atoms with E-state index in [1.165, 1.54) is 0 Å². The molecule has 5 heteroatoms. The third-order valence-electron chi connectivity index (χ3n) is 1.97. The lowest BCUT2D eigenvalue weighted by atomic mass is 10.2. The molecule has 1 rings (SSSR count). The zero-order valence-corrected chi connectivity index (χ0v) is 9.80. The maximum Gasteiger partial charge on any atom is 0.226 e. The summed E-state index contributed by atoms with van der Waals surface area (Å²) < 4.78 is 0. The first kappa shape index (κ1) is 12.1. The summed E-state index contributed by atoms with van der Waals surface area (Å²) in [4.78, 5) is 15.6. The third kappa shape index (κ3) is 4.40. The third-order valence-corrected chi connectivity index (χ3v) is 2.79. The number of hydrogen-bond acceptors (Lipinski definition) is 4. The van der Waals surface area contributed by atoms with Gasteiger partial charge >= 0.3 is 0 Å². The number of aryl methyl sites for hydroxylation is 1. The van der Waals surface area contributed by atoms with Crippen LogP contribution in [-0.4, -0.2) is 29.1 Å². The topological polar surface area (TPSA) is 62.2 Å². The average Bonchev–Trinajstić information content (AvgIpc) is 2.60. The van der Waals surface area contributed by atoms with Crippen LogP contribution in [0.1, 0.15) is 17.6 Å². The largest absolute Gasteiger partial charge is 0.396 e. The van der Waals surface area contributed by atoms with Crippen molar-refractivity contribution in [1.82, 2.24) is 10.3 Å². The Morgan fingerprint density at radius 2 is 2.47 bits per heavy atom. The Labute approximate surface area is 93.4 Å². The van der Waals surface area contributed by atoms with E-state index in [0.717, 1.165) is 10.7 Å². The minimum Gasteiger partial charge on any atom is -0.396 e. The highest BCUT2D eigenvalue weighted by molar-refractivity contribution is 7.09. The van der Waals surface area contributed by atoms with E-state index in [1.807, 2.05) is 19.2 Å². The van der Waals surface area contributed by atoms with Crippen molar-refractivity contribution in [2.45, 2.75) is 20.3 Å². The first-order valence-corrected chi connectivity index (χ1v) is 5.78. The van der Waals surface area contributed by atoms with Crippen molar-refractivity contribution in [2.75, 3.05) is 13.2 Å². The van der Waals surface area contributed by atoms with Crippen molar-refractivity contribution in [3.8, 4) is 0 Å². The predicted octanol–water partition coefficient (Wildman–Crippen LogP) is 0.739. The number of amides is 1.